The van der Waals surface area contributed by atoms with Crippen LogP contribution in [0.5, 0.6) is 0 Å². The predicted molar refractivity (Wildman–Crippen MR) is 64.2 cm³/mol. The number of hydrogen-bond acceptors (Lipinski definition) is 2. The Morgan fingerprint density at radius 3 is 2.75 bits per heavy atom. The van der Waals surface area contributed by atoms with Gasteiger partial charge in [0.15, 0.2) is 0 Å². The summed E-state index contributed by atoms with van der Waals surface area (Å²) in [5.74, 6) is -0.594. The van der Waals surface area contributed by atoms with Crippen LogP contribution in [0, 0.1) is 12.7 Å². The number of carbonyl (C=O) groups excluding carboxylic acids is 1. The van der Waals surface area contributed by atoms with Crippen molar-refractivity contribution in [3.05, 3.63) is 35.1 Å². The van der Waals surface area contributed by atoms with E-state index in [1.54, 1.807) is 6.92 Å². The predicted octanol–water partition coefficient (Wildman–Crippen LogP) is 3.00. The Labute approximate surface area is 103 Å². The maximum atomic E-state index is 13.1. The first-order valence-corrected chi connectivity index (χ1v) is 6.01. The maximum Gasteiger partial charge on any atom is 0.320 e. The van der Waals surface area contributed by atoms with Crippen LogP contribution in [-0.2, 0) is 16.0 Å². The molecule has 88 valence electrons. The van der Waals surface area contributed by atoms with Crippen molar-refractivity contribution >= 4 is 21.9 Å². The molecule has 16 heavy (non-hydrogen) atoms. The molecule has 0 saturated carbocycles. The van der Waals surface area contributed by atoms with E-state index in [0.717, 1.165) is 11.1 Å². The highest BCUT2D eigenvalue weighted by atomic mass is 79.9. The minimum atomic E-state index is -0.423. The topological polar surface area (TPSA) is 26.3 Å². The fraction of sp³-hybridized carbons (Fsp3) is 0.417. The van der Waals surface area contributed by atoms with Crippen LogP contribution in [-0.4, -0.2) is 17.4 Å². The summed E-state index contributed by atoms with van der Waals surface area (Å²) in [7, 11) is 0. The molecule has 0 fully saturated rings. The number of benzene rings is 1. The van der Waals surface area contributed by atoms with Gasteiger partial charge in [0, 0.05) is 0 Å². The van der Waals surface area contributed by atoms with Gasteiger partial charge >= 0.3 is 5.97 Å². The van der Waals surface area contributed by atoms with Crippen molar-refractivity contribution in [3.8, 4) is 0 Å². The van der Waals surface area contributed by atoms with Gasteiger partial charge in [-0.1, -0.05) is 22.0 Å². The lowest BCUT2D eigenvalue weighted by atomic mass is 10.1. The average Bonchev–Trinajstić information content (AvgIpc) is 2.16. The minimum absolute atomic E-state index is 0.279. The van der Waals surface area contributed by atoms with E-state index in [-0.39, 0.29) is 11.8 Å². The van der Waals surface area contributed by atoms with Gasteiger partial charge in [-0.3, -0.25) is 4.79 Å². The molecule has 0 aliphatic carbocycles. The number of alkyl halides is 1. The van der Waals surface area contributed by atoms with E-state index in [9.17, 15) is 9.18 Å². The summed E-state index contributed by atoms with van der Waals surface area (Å²) in [6.07, 6.45) is 0.428. The molecule has 0 spiro atoms. The van der Waals surface area contributed by atoms with Crippen LogP contribution in [0.15, 0.2) is 18.2 Å². The van der Waals surface area contributed by atoms with Crippen LogP contribution in [0.2, 0.25) is 0 Å². The molecule has 1 rings (SSSR count). The number of aryl methyl sites for hydroxylation is 1. The maximum absolute atomic E-state index is 13.1. The van der Waals surface area contributed by atoms with E-state index in [4.69, 9.17) is 4.74 Å². The Kier molecular flexibility index (Phi) is 4.93. The summed E-state index contributed by atoms with van der Waals surface area (Å²) in [4.78, 5) is 10.9. The molecule has 0 N–H and O–H groups in total. The Hall–Kier alpha value is -0.900. The molecular formula is C12H14BrFO2. The lowest BCUT2D eigenvalue weighted by molar-refractivity contribution is -0.142. The molecular weight excluding hydrogens is 275 g/mol. The second-order valence-corrected chi connectivity index (χ2v) is 4.67. The standard InChI is InChI=1S/C12H14BrFO2/c1-3-16-12(15)11(13)7-9-4-8(2)5-10(14)6-9/h4-6,11H,3,7H2,1-2H3. The Bertz CT molecular complexity index is 359. The number of esters is 1. The number of rotatable bonds is 4. The fourth-order valence-corrected chi connectivity index (χ4v) is 1.96. The number of ether oxygens (including phenoxy) is 1. The van der Waals surface area contributed by atoms with E-state index in [1.165, 1.54) is 12.1 Å². The first-order valence-electron chi connectivity index (χ1n) is 5.09. The summed E-state index contributed by atoms with van der Waals surface area (Å²) in [6, 6.07) is 4.74. The molecule has 1 aromatic carbocycles. The highest BCUT2D eigenvalue weighted by Gasteiger charge is 2.16. The van der Waals surface area contributed by atoms with E-state index in [2.05, 4.69) is 15.9 Å². The molecule has 2 nitrogen and oxygen atoms in total. The largest absolute Gasteiger partial charge is 0.465 e. The van der Waals surface area contributed by atoms with Crippen molar-refractivity contribution in [2.45, 2.75) is 25.1 Å². The molecule has 0 radical (unpaired) electrons. The van der Waals surface area contributed by atoms with Crippen molar-refractivity contribution < 1.29 is 13.9 Å². The zero-order chi connectivity index (χ0) is 12.1. The van der Waals surface area contributed by atoms with Crippen LogP contribution in [0.1, 0.15) is 18.1 Å². The molecule has 0 aliphatic heterocycles. The first-order chi connectivity index (χ1) is 7.52. The van der Waals surface area contributed by atoms with Crippen LogP contribution >= 0.6 is 15.9 Å². The van der Waals surface area contributed by atoms with E-state index >= 15 is 0 Å². The third-order valence-corrected chi connectivity index (χ3v) is 2.76. The zero-order valence-corrected chi connectivity index (χ0v) is 10.9. The minimum Gasteiger partial charge on any atom is -0.465 e. The summed E-state index contributed by atoms with van der Waals surface area (Å²) < 4.78 is 18.0. The van der Waals surface area contributed by atoms with Gasteiger partial charge < -0.3 is 4.74 Å². The first kappa shape index (κ1) is 13.2. The van der Waals surface area contributed by atoms with Crippen molar-refractivity contribution in [3.63, 3.8) is 0 Å². The second kappa shape index (κ2) is 5.99. The lowest BCUT2D eigenvalue weighted by Gasteiger charge is -2.09. The Morgan fingerprint density at radius 2 is 2.19 bits per heavy atom. The SMILES string of the molecule is CCOC(=O)C(Br)Cc1cc(C)cc(F)c1. The molecule has 1 atom stereocenters. The van der Waals surface area contributed by atoms with Gasteiger partial charge in [0.05, 0.1) is 6.61 Å². The summed E-state index contributed by atoms with van der Waals surface area (Å²) in [5, 5.41) is 0. The van der Waals surface area contributed by atoms with Crippen LogP contribution in [0.4, 0.5) is 4.39 Å². The molecule has 0 saturated heterocycles. The third kappa shape index (κ3) is 3.93. The highest BCUT2D eigenvalue weighted by Crippen LogP contribution is 2.15. The molecule has 0 aromatic heterocycles. The van der Waals surface area contributed by atoms with Crippen molar-refractivity contribution in [2.24, 2.45) is 0 Å². The van der Waals surface area contributed by atoms with Crippen molar-refractivity contribution in [2.75, 3.05) is 6.61 Å². The number of hydrogen-bond donors (Lipinski definition) is 0. The van der Waals surface area contributed by atoms with Gasteiger partial charge in [0.1, 0.15) is 10.6 Å². The van der Waals surface area contributed by atoms with Gasteiger partial charge in [-0.25, -0.2) is 4.39 Å². The van der Waals surface area contributed by atoms with Crippen LogP contribution in [0.3, 0.4) is 0 Å². The molecule has 0 bridgehead atoms. The summed E-state index contributed by atoms with van der Waals surface area (Å²) >= 11 is 3.23. The lowest BCUT2D eigenvalue weighted by Crippen LogP contribution is -2.19. The van der Waals surface area contributed by atoms with E-state index in [1.807, 2.05) is 13.0 Å². The van der Waals surface area contributed by atoms with Crippen LogP contribution < -0.4 is 0 Å². The van der Waals surface area contributed by atoms with Gasteiger partial charge in [-0.15, -0.1) is 0 Å². The average molecular weight is 289 g/mol. The summed E-state index contributed by atoms with van der Waals surface area (Å²) in [5.41, 5.74) is 1.63. The molecule has 1 unspecified atom stereocenters. The Morgan fingerprint density at radius 1 is 1.50 bits per heavy atom. The van der Waals surface area contributed by atoms with E-state index in [0.29, 0.717) is 13.0 Å². The second-order valence-electron chi connectivity index (χ2n) is 3.56. The molecule has 1 aromatic rings. The van der Waals surface area contributed by atoms with Crippen molar-refractivity contribution in [1.29, 1.82) is 0 Å². The van der Waals surface area contributed by atoms with Crippen molar-refractivity contribution in [1.82, 2.24) is 0 Å². The molecule has 0 amide bonds. The number of carbonyl (C=O) groups is 1. The van der Waals surface area contributed by atoms with E-state index < -0.39 is 4.83 Å². The van der Waals surface area contributed by atoms with Gasteiger partial charge in [-0.2, -0.15) is 0 Å². The molecule has 0 aliphatic rings. The van der Waals surface area contributed by atoms with Gasteiger partial charge in [-0.05, 0) is 43.5 Å². The van der Waals surface area contributed by atoms with Gasteiger partial charge in [0.2, 0.25) is 0 Å². The normalized spacial score (nSPS) is 12.2. The summed E-state index contributed by atoms with van der Waals surface area (Å²) in [6.45, 7) is 3.92. The van der Waals surface area contributed by atoms with Gasteiger partial charge in [0.25, 0.3) is 0 Å². The molecule has 0 heterocycles. The van der Waals surface area contributed by atoms with Crippen LogP contribution in [0.25, 0.3) is 0 Å². The third-order valence-electron chi connectivity index (χ3n) is 2.06. The Balaban J connectivity index is 2.69. The smallest absolute Gasteiger partial charge is 0.320 e. The molecule has 4 heteroatoms. The monoisotopic (exact) mass is 288 g/mol. The fourth-order valence-electron chi connectivity index (χ4n) is 1.45. The zero-order valence-electron chi connectivity index (χ0n) is 9.30. The highest BCUT2D eigenvalue weighted by molar-refractivity contribution is 9.10. The number of halogens is 2. The quantitative estimate of drug-likeness (QED) is 0.629.